The third kappa shape index (κ3) is 41.3. The fourth-order valence-electron chi connectivity index (χ4n) is 5.48. The molecule has 0 aliphatic rings. The van der Waals surface area contributed by atoms with E-state index < -0.39 is 32.5 Å². The normalized spacial score (nSPS) is 14.1. The van der Waals surface area contributed by atoms with Crippen LogP contribution in [0.1, 0.15) is 162 Å². The first-order valence-electron chi connectivity index (χ1n) is 22.0. The van der Waals surface area contributed by atoms with Gasteiger partial charge in [0, 0.05) is 19.3 Å². The number of ether oxygens (including phenoxy) is 2. The van der Waals surface area contributed by atoms with E-state index in [2.05, 4.69) is 38.2 Å². The molecule has 0 aromatic heterocycles. The largest absolute Gasteiger partial charge is 0.472 e. The van der Waals surface area contributed by atoms with Crippen molar-refractivity contribution in [3.8, 4) is 0 Å². The van der Waals surface area contributed by atoms with Crippen LogP contribution in [0.3, 0.4) is 0 Å². The lowest BCUT2D eigenvalue weighted by Crippen LogP contribution is -2.37. The molecule has 0 spiro atoms. The van der Waals surface area contributed by atoms with Gasteiger partial charge < -0.3 is 18.9 Å². The molecular formula is C46H81NO9P+. The summed E-state index contributed by atoms with van der Waals surface area (Å²) < 4.78 is 34.2. The highest BCUT2D eigenvalue weighted by molar-refractivity contribution is 7.47. The standard InChI is InChI=1S/C46H80NO9P/c1-6-8-10-11-12-13-14-15-16-17-20-24-27-30-34-38-46(50)56-44(42-55-57(51,52)54-40-39-47(3,4)5)41-53-45(49)37-33-29-26-23-21-18-19-22-25-28-32-36-43(48)35-31-9-7-2/h13-14,18-19,23,25-26,28,32,36,44H,6-12,15-17,20-22,24,27,29-31,33-35,37-42H2,1-5H3/p+1/b14-13-,19-18-,26-23-,28-25-,36-32+/t44-/m1/s1. The first-order chi connectivity index (χ1) is 27.4. The summed E-state index contributed by atoms with van der Waals surface area (Å²) in [5.41, 5.74) is 0. The lowest BCUT2D eigenvalue weighted by Gasteiger charge is -2.24. The number of nitrogens with zero attached hydrogens (tertiary/aromatic N) is 1. The summed E-state index contributed by atoms with van der Waals surface area (Å²) in [6.45, 7) is 4.14. The number of phosphoric ester groups is 1. The SMILES string of the molecule is CCCCCC/C=C\CCCCCCCCCC(=O)O[C@H](COC(=O)CCC/C=C\C/C=C\C/C=C\C=C\C(=O)CCCCC)COP(=O)(O)OCC[N+](C)(C)C. The molecule has 1 unspecified atom stereocenters. The minimum Gasteiger partial charge on any atom is -0.462 e. The maximum Gasteiger partial charge on any atom is 0.472 e. The lowest BCUT2D eigenvalue weighted by atomic mass is 10.1. The van der Waals surface area contributed by atoms with Crippen LogP contribution < -0.4 is 0 Å². The van der Waals surface area contributed by atoms with Gasteiger partial charge in [-0.25, -0.2) is 4.57 Å². The Morgan fingerprint density at radius 2 is 1.12 bits per heavy atom. The Morgan fingerprint density at radius 3 is 1.79 bits per heavy atom. The average molecular weight is 823 g/mol. The number of hydrogen-bond acceptors (Lipinski definition) is 8. The summed E-state index contributed by atoms with van der Waals surface area (Å²) in [5, 5.41) is 0. The maximum absolute atomic E-state index is 12.7. The number of esters is 2. The van der Waals surface area contributed by atoms with Crippen LogP contribution in [0.2, 0.25) is 0 Å². The molecule has 0 saturated carbocycles. The van der Waals surface area contributed by atoms with Crippen molar-refractivity contribution in [3.63, 3.8) is 0 Å². The zero-order valence-electron chi connectivity index (χ0n) is 36.6. The van der Waals surface area contributed by atoms with Crippen molar-refractivity contribution in [2.24, 2.45) is 0 Å². The zero-order chi connectivity index (χ0) is 42.3. The van der Waals surface area contributed by atoms with Crippen molar-refractivity contribution >= 4 is 25.5 Å². The van der Waals surface area contributed by atoms with E-state index in [9.17, 15) is 23.8 Å². The van der Waals surface area contributed by atoms with Crippen LogP contribution in [0.4, 0.5) is 0 Å². The van der Waals surface area contributed by atoms with E-state index in [-0.39, 0.29) is 31.8 Å². The summed E-state index contributed by atoms with van der Waals surface area (Å²) in [6, 6.07) is 0. The quantitative estimate of drug-likeness (QED) is 0.0123. The maximum atomic E-state index is 12.7. The predicted molar refractivity (Wildman–Crippen MR) is 234 cm³/mol. The molecule has 1 N–H and O–H groups in total. The average Bonchev–Trinajstić information content (AvgIpc) is 3.15. The first-order valence-corrected chi connectivity index (χ1v) is 23.5. The Balaban J connectivity index is 4.51. The Kier molecular flexibility index (Phi) is 35.9. The molecule has 0 aromatic carbocycles. The molecule has 0 fully saturated rings. The van der Waals surface area contributed by atoms with Gasteiger partial charge >= 0.3 is 19.8 Å². The third-order valence-electron chi connectivity index (χ3n) is 9.00. The van der Waals surface area contributed by atoms with Crippen LogP contribution in [0, 0.1) is 0 Å². The van der Waals surface area contributed by atoms with Gasteiger partial charge in [0.15, 0.2) is 11.9 Å². The number of quaternary nitrogens is 1. The molecule has 11 heteroatoms. The number of carbonyl (C=O) groups excluding carboxylic acids is 3. The minimum absolute atomic E-state index is 0.0102. The van der Waals surface area contributed by atoms with Gasteiger partial charge in [-0.05, 0) is 70.3 Å². The fraction of sp³-hybridized carbons (Fsp3) is 0.717. The predicted octanol–water partition coefficient (Wildman–Crippen LogP) is 11.6. The summed E-state index contributed by atoms with van der Waals surface area (Å²) in [4.78, 5) is 47.1. The number of ketones is 1. The van der Waals surface area contributed by atoms with Crippen LogP contribution in [0.15, 0.2) is 60.8 Å². The Bertz CT molecular complexity index is 1220. The van der Waals surface area contributed by atoms with Crippen LogP contribution >= 0.6 is 7.82 Å². The highest BCUT2D eigenvalue weighted by atomic mass is 31.2. The van der Waals surface area contributed by atoms with Gasteiger partial charge in [0.25, 0.3) is 0 Å². The number of phosphoric acid groups is 1. The number of hydrogen-bond donors (Lipinski definition) is 1. The number of likely N-dealkylation sites (N-methyl/N-ethyl adjacent to an activating group) is 1. The van der Waals surface area contributed by atoms with Gasteiger partial charge in [-0.1, -0.05) is 133 Å². The van der Waals surface area contributed by atoms with Gasteiger partial charge in [-0.15, -0.1) is 0 Å². The van der Waals surface area contributed by atoms with Crippen LogP contribution in [-0.4, -0.2) is 80.7 Å². The van der Waals surface area contributed by atoms with E-state index in [0.717, 1.165) is 57.8 Å². The van der Waals surface area contributed by atoms with Gasteiger partial charge in [0.1, 0.15) is 19.8 Å². The monoisotopic (exact) mass is 823 g/mol. The molecule has 2 atom stereocenters. The molecule has 0 aliphatic heterocycles. The first kappa shape index (κ1) is 54.4. The number of carbonyl (C=O) groups is 3. The van der Waals surface area contributed by atoms with Gasteiger partial charge in [-0.3, -0.25) is 23.4 Å². The van der Waals surface area contributed by atoms with Crippen LogP contribution in [0.5, 0.6) is 0 Å². The third-order valence-corrected chi connectivity index (χ3v) is 9.98. The fourth-order valence-corrected chi connectivity index (χ4v) is 6.23. The summed E-state index contributed by atoms with van der Waals surface area (Å²) >= 11 is 0. The smallest absolute Gasteiger partial charge is 0.462 e. The molecule has 57 heavy (non-hydrogen) atoms. The van der Waals surface area contributed by atoms with E-state index in [1.54, 1.807) is 12.2 Å². The Morgan fingerprint density at radius 1 is 0.596 bits per heavy atom. The van der Waals surface area contributed by atoms with Crippen LogP contribution in [0.25, 0.3) is 0 Å². The molecule has 0 heterocycles. The molecule has 328 valence electrons. The highest BCUT2D eigenvalue weighted by Crippen LogP contribution is 2.43. The molecule has 0 radical (unpaired) electrons. The van der Waals surface area contributed by atoms with Crippen molar-refractivity contribution in [2.45, 2.75) is 168 Å². The molecule has 0 aliphatic carbocycles. The Hall–Kier alpha value is -2.62. The van der Waals surface area contributed by atoms with Crippen molar-refractivity contribution in [1.29, 1.82) is 0 Å². The molecule has 10 nitrogen and oxygen atoms in total. The van der Waals surface area contributed by atoms with Gasteiger partial charge in [0.05, 0.1) is 27.7 Å². The zero-order valence-corrected chi connectivity index (χ0v) is 37.4. The van der Waals surface area contributed by atoms with E-state index in [1.165, 1.54) is 51.4 Å². The second kappa shape index (κ2) is 37.6. The van der Waals surface area contributed by atoms with Crippen molar-refractivity contribution < 1.29 is 46.8 Å². The number of allylic oxidation sites excluding steroid dienone is 10. The molecule has 0 aromatic rings. The van der Waals surface area contributed by atoms with E-state index in [4.69, 9.17) is 18.5 Å². The summed E-state index contributed by atoms with van der Waals surface area (Å²) in [7, 11) is 1.40. The van der Waals surface area contributed by atoms with Crippen LogP contribution in [-0.2, 0) is 37.5 Å². The van der Waals surface area contributed by atoms with Crippen molar-refractivity contribution in [2.75, 3.05) is 47.5 Å². The molecular weight excluding hydrogens is 741 g/mol. The van der Waals surface area contributed by atoms with E-state index in [1.807, 2.05) is 45.4 Å². The minimum atomic E-state index is -4.40. The summed E-state index contributed by atoms with van der Waals surface area (Å²) in [5.74, 6) is -0.738. The number of unbranched alkanes of at least 4 members (excludes halogenated alkanes) is 14. The molecule has 0 bridgehead atoms. The highest BCUT2D eigenvalue weighted by Gasteiger charge is 2.27. The van der Waals surface area contributed by atoms with Crippen molar-refractivity contribution in [1.82, 2.24) is 0 Å². The second-order valence-electron chi connectivity index (χ2n) is 15.8. The number of rotatable bonds is 39. The lowest BCUT2D eigenvalue weighted by molar-refractivity contribution is -0.870. The van der Waals surface area contributed by atoms with E-state index in [0.29, 0.717) is 36.7 Å². The molecule has 0 amide bonds. The molecule has 0 rings (SSSR count). The Labute approximate surface area is 347 Å². The van der Waals surface area contributed by atoms with Gasteiger partial charge in [-0.2, -0.15) is 0 Å². The van der Waals surface area contributed by atoms with Gasteiger partial charge in [0.2, 0.25) is 0 Å². The summed E-state index contributed by atoms with van der Waals surface area (Å²) in [6.07, 6.45) is 41.1. The van der Waals surface area contributed by atoms with E-state index >= 15 is 0 Å². The topological polar surface area (TPSA) is 125 Å². The second-order valence-corrected chi connectivity index (χ2v) is 17.2. The molecule has 0 saturated heterocycles. The van der Waals surface area contributed by atoms with Crippen molar-refractivity contribution in [3.05, 3.63) is 60.8 Å².